The van der Waals surface area contributed by atoms with Gasteiger partial charge in [-0.3, -0.25) is 4.79 Å². The van der Waals surface area contributed by atoms with Crippen LogP contribution in [0.5, 0.6) is 0 Å². The van der Waals surface area contributed by atoms with E-state index < -0.39 is 5.97 Å². The summed E-state index contributed by atoms with van der Waals surface area (Å²) in [5.74, 6) is 0.212. The minimum absolute atomic E-state index is 0.101. The van der Waals surface area contributed by atoms with Crippen LogP contribution in [0.1, 0.15) is 11.3 Å². The quantitative estimate of drug-likeness (QED) is 0.844. The largest absolute Gasteiger partial charge is 0.481 e. The number of rotatable bonds is 4. The normalized spacial score (nSPS) is 10.4. The molecule has 0 saturated carbocycles. The van der Waals surface area contributed by atoms with Crippen LogP contribution in [-0.2, 0) is 17.8 Å². The highest BCUT2D eigenvalue weighted by molar-refractivity contribution is 5.70. The maximum atomic E-state index is 10.5. The molecular weight excluding hydrogens is 218 g/mol. The maximum Gasteiger partial charge on any atom is 0.311 e. The molecule has 1 aromatic heterocycles. The summed E-state index contributed by atoms with van der Waals surface area (Å²) in [4.78, 5) is 10.5. The van der Waals surface area contributed by atoms with Crippen molar-refractivity contribution in [1.29, 1.82) is 0 Å². The van der Waals surface area contributed by atoms with E-state index in [2.05, 4.69) is 0 Å². The van der Waals surface area contributed by atoms with Gasteiger partial charge in [-0.2, -0.15) is 0 Å². The Morgan fingerprint density at radius 1 is 1.29 bits per heavy atom. The van der Waals surface area contributed by atoms with Crippen LogP contribution >= 0.6 is 0 Å². The summed E-state index contributed by atoms with van der Waals surface area (Å²) in [7, 11) is 0. The molecule has 3 N–H and O–H groups in total. The van der Waals surface area contributed by atoms with Gasteiger partial charge in [0.25, 0.3) is 0 Å². The Bertz CT molecular complexity index is 531. The van der Waals surface area contributed by atoms with E-state index in [4.69, 9.17) is 15.3 Å². The fourth-order valence-electron chi connectivity index (χ4n) is 1.63. The van der Waals surface area contributed by atoms with Crippen LogP contribution in [0.3, 0.4) is 0 Å². The Labute approximate surface area is 98.7 Å². The molecule has 0 spiro atoms. The first-order valence-electron chi connectivity index (χ1n) is 5.29. The summed E-state index contributed by atoms with van der Waals surface area (Å²) in [5.41, 5.74) is 7.48. The fourth-order valence-corrected chi connectivity index (χ4v) is 1.63. The Morgan fingerprint density at radius 2 is 2.12 bits per heavy atom. The second-order valence-electron chi connectivity index (χ2n) is 3.74. The first kappa shape index (κ1) is 11.4. The lowest BCUT2D eigenvalue weighted by molar-refractivity contribution is -0.136. The number of nitrogens with two attached hydrogens (primary N) is 1. The van der Waals surface area contributed by atoms with Crippen LogP contribution in [0.2, 0.25) is 0 Å². The summed E-state index contributed by atoms with van der Waals surface area (Å²) < 4.78 is 5.46. The van der Waals surface area contributed by atoms with E-state index >= 15 is 0 Å². The van der Waals surface area contributed by atoms with Gasteiger partial charge in [0.1, 0.15) is 17.9 Å². The maximum absolute atomic E-state index is 10.5. The van der Waals surface area contributed by atoms with Crippen LogP contribution in [0.25, 0.3) is 11.3 Å². The number of carboxylic acid groups (broad SMARTS) is 1. The number of furan rings is 1. The molecule has 0 aliphatic rings. The molecule has 0 bridgehead atoms. The summed E-state index contributed by atoms with van der Waals surface area (Å²) in [5, 5.41) is 8.65. The average molecular weight is 231 g/mol. The number of aliphatic carboxylic acids is 1. The van der Waals surface area contributed by atoms with Crippen molar-refractivity contribution in [1.82, 2.24) is 0 Å². The van der Waals surface area contributed by atoms with Crippen molar-refractivity contribution in [2.45, 2.75) is 13.0 Å². The van der Waals surface area contributed by atoms with Crippen molar-refractivity contribution < 1.29 is 14.3 Å². The Morgan fingerprint density at radius 3 is 2.82 bits per heavy atom. The number of hydrogen-bond acceptors (Lipinski definition) is 3. The molecule has 4 nitrogen and oxygen atoms in total. The van der Waals surface area contributed by atoms with Gasteiger partial charge < -0.3 is 15.3 Å². The average Bonchev–Trinajstić information content (AvgIpc) is 2.77. The molecule has 2 aromatic rings. The van der Waals surface area contributed by atoms with Crippen LogP contribution in [0.4, 0.5) is 0 Å². The number of benzene rings is 1. The van der Waals surface area contributed by atoms with Gasteiger partial charge in [0, 0.05) is 12.1 Å². The van der Waals surface area contributed by atoms with Crippen molar-refractivity contribution in [2.24, 2.45) is 5.73 Å². The standard InChI is InChI=1S/C13H13NO3/c14-8-9-2-1-3-10(6-9)12-5-4-11(17-12)7-13(15)16/h1-6H,7-8,14H2,(H,15,16). The van der Waals surface area contributed by atoms with Gasteiger partial charge in [-0.05, 0) is 23.8 Å². The smallest absolute Gasteiger partial charge is 0.311 e. The lowest BCUT2D eigenvalue weighted by Gasteiger charge is -2.00. The summed E-state index contributed by atoms with van der Waals surface area (Å²) in [6, 6.07) is 11.1. The van der Waals surface area contributed by atoms with Crippen molar-refractivity contribution in [3.8, 4) is 11.3 Å². The van der Waals surface area contributed by atoms with Gasteiger partial charge in [0.05, 0.1) is 0 Å². The van der Waals surface area contributed by atoms with Crippen molar-refractivity contribution in [3.05, 3.63) is 47.7 Å². The van der Waals surface area contributed by atoms with E-state index in [0.29, 0.717) is 18.1 Å². The van der Waals surface area contributed by atoms with Crippen LogP contribution in [-0.4, -0.2) is 11.1 Å². The second kappa shape index (κ2) is 4.84. The zero-order valence-corrected chi connectivity index (χ0v) is 9.22. The first-order chi connectivity index (χ1) is 8.19. The molecule has 1 heterocycles. The van der Waals surface area contributed by atoms with Crippen molar-refractivity contribution in [3.63, 3.8) is 0 Å². The summed E-state index contributed by atoms with van der Waals surface area (Å²) in [6.45, 7) is 0.469. The SMILES string of the molecule is NCc1cccc(-c2ccc(CC(=O)O)o2)c1. The highest BCUT2D eigenvalue weighted by Gasteiger charge is 2.08. The van der Waals surface area contributed by atoms with Gasteiger partial charge in [0.15, 0.2) is 0 Å². The molecule has 4 heteroatoms. The molecule has 1 aromatic carbocycles. The summed E-state index contributed by atoms with van der Waals surface area (Å²) >= 11 is 0. The number of carboxylic acids is 1. The topological polar surface area (TPSA) is 76.5 Å². The predicted molar refractivity (Wildman–Crippen MR) is 63.4 cm³/mol. The van der Waals surface area contributed by atoms with Gasteiger partial charge in [-0.1, -0.05) is 18.2 Å². The van der Waals surface area contributed by atoms with Gasteiger partial charge >= 0.3 is 5.97 Å². The molecule has 0 fully saturated rings. The number of carbonyl (C=O) groups is 1. The minimum atomic E-state index is -0.901. The predicted octanol–water partition coefficient (Wildman–Crippen LogP) is 2.03. The van der Waals surface area contributed by atoms with E-state index in [9.17, 15) is 4.79 Å². The molecule has 0 aliphatic heterocycles. The van der Waals surface area contributed by atoms with Crippen LogP contribution < -0.4 is 5.73 Å². The Balaban J connectivity index is 2.26. The third-order valence-electron chi connectivity index (χ3n) is 2.43. The summed E-state index contributed by atoms with van der Waals surface area (Å²) in [6.07, 6.45) is -0.101. The molecule has 0 radical (unpaired) electrons. The fraction of sp³-hybridized carbons (Fsp3) is 0.154. The Kier molecular flexibility index (Phi) is 3.25. The van der Waals surface area contributed by atoms with Crippen molar-refractivity contribution in [2.75, 3.05) is 0 Å². The van der Waals surface area contributed by atoms with E-state index in [1.165, 1.54) is 0 Å². The lowest BCUT2D eigenvalue weighted by Crippen LogP contribution is -1.98. The highest BCUT2D eigenvalue weighted by atomic mass is 16.4. The third kappa shape index (κ3) is 2.73. The van der Waals surface area contributed by atoms with Gasteiger partial charge in [-0.25, -0.2) is 0 Å². The molecule has 0 aliphatic carbocycles. The highest BCUT2D eigenvalue weighted by Crippen LogP contribution is 2.23. The zero-order valence-electron chi connectivity index (χ0n) is 9.22. The van der Waals surface area contributed by atoms with Crippen LogP contribution in [0.15, 0.2) is 40.8 Å². The second-order valence-corrected chi connectivity index (χ2v) is 3.74. The molecule has 0 amide bonds. The molecule has 0 unspecified atom stereocenters. The Hall–Kier alpha value is -2.07. The van der Waals surface area contributed by atoms with E-state index in [0.717, 1.165) is 11.1 Å². The molecule has 2 rings (SSSR count). The molecule has 0 saturated heterocycles. The number of hydrogen-bond donors (Lipinski definition) is 2. The zero-order chi connectivity index (χ0) is 12.3. The van der Waals surface area contributed by atoms with E-state index in [1.54, 1.807) is 12.1 Å². The van der Waals surface area contributed by atoms with E-state index in [-0.39, 0.29) is 6.42 Å². The monoisotopic (exact) mass is 231 g/mol. The van der Waals surface area contributed by atoms with Gasteiger partial charge in [-0.15, -0.1) is 0 Å². The molecule has 17 heavy (non-hydrogen) atoms. The van der Waals surface area contributed by atoms with Crippen molar-refractivity contribution >= 4 is 5.97 Å². The first-order valence-corrected chi connectivity index (χ1v) is 5.29. The minimum Gasteiger partial charge on any atom is -0.481 e. The van der Waals surface area contributed by atoms with Gasteiger partial charge in [0.2, 0.25) is 0 Å². The lowest BCUT2D eigenvalue weighted by atomic mass is 10.1. The van der Waals surface area contributed by atoms with Crippen LogP contribution in [0, 0.1) is 0 Å². The third-order valence-corrected chi connectivity index (χ3v) is 2.43. The van der Waals surface area contributed by atoms with E-state index in [1.807, 2.05) is 24.3 Å². The molecule has 88 valence electrons. The molecular formula is C13H13NO3. The molecule has 0 atom stereocenters.